The molecule has 31 heavy (non-hydrogen) atoms. The van der Waals surface area contributed by atoms with Crippen LogP contribution in [-0.2, 0) is 20.4 Å². The van der Waals surface area contributed by atoms with Crippen LogP contribution in [0.25, 0.3) is 0 Å². The Kier molecular flexibility index (Phi) is 6.01. The number of hydrogen-bond donors (Lipinski definition) is 0. The second-order valence-electron chi connectivity index (χ2n) is 7.67. The molecule has 0 radical (unpaired) electrons. The minimum Gasteiger partial charge on any atom is -0.463 e. The lowest BCUT2D eigenvalue weighted by Gasteiger charge is -2.33. The summed E-state index contributed by atoms with van der Waals surface area (Å²) in [6.45, 7) is 2.37. The number of rotatable bonds is 6. The maximum atomic E-state index is 13.2. The molecule has 0 saturated heterocycles. The van der Waals surface area contributed by atoms with Crippen molar-refractivity contribution in [1.29, 1.82) is 0 Å². The molecule has 1 atom stereocenters. The lowest BCUT2D eigenvalue weighted by molar-refractivity contribution is 0.0683. The first-order chi connectivity index (χ1) is 14.8. The van der Waals surface area contributed by atoms with Crippen LogP contribution < -0.4 is 0 Å². The minimum atomic E-state index is -3.69. The summed E-state index contributed by atoms with van der Waals surface area (Å²) in [5, 5.41) is 0. The van der Waals surface area contributed by atoms with Gasteiger partial charge in [0, 0.05) is 17.1 Å². The van der Waals surface area contributed by atoms with E-state index >= 15 is 0 Å². The quantitative estimate of drug-likeness (QED) is 0.492. The Morgan fingerprint density at radius 2 is 1.74 bits per heavy atom. The number of nitrogens with zero attached hydrogens (tertiary/aromatic N) is 2. The zero-order chi connectivity index (χ0) is 22.1. The number of likely N-dealkylation sites (N-methyl/N-ethyl adjacent to an activating group) is 1. The molecule has 0 spiro atoms. The highest BCUT2D eigenvalue weighted by atomic mass is 79.9. The van der Waals surface area contributed by atoms with Crippen molar-refractivity contribution in [3.8, 4) is 0 Å². The first-order valence-electron chi connectivity index (χ1n) is 9.88. The van der Waals surface area contributed by atoms with Crippen molar-refractivity contribution in [1.82, 2.24) is 4.31 Å². The number of aliphatic imine (C=N–C) groups is 1. The molecule has 1 aliphatic rings. The fraction of sp³-hybridized carbons (Fsp3) is 0.208. The fourth-order valence-corrected chi connectivity index (χ4v) is 5.23. The van der Waals surface area contributed by atoms with E-state index in [1.165, 1.54) is 4.31 Å². The molecule has 0 aromatic heterocycles. The smallest absolute Gasteiger partial charge is 0.242 e. The van der Waals surface area contributed by atoms with Crippen LogP contribution in [0.15, 0.2) is 93.2 Å². The summed E-state index contributed by atoms with van der Waals surface area (Å²) in [6, 6.07) is 24.3. The Balaban J connectivity index is 1.68. The van der Waals surface area contributed by atoms with Crippen LogP contribution in [-0.4, -0.2) is 38.8 Å². The average molecular weight is 499 g/mol. The molecule has 0 fully saturated rings. The second kappa shape index (κ2) is 8.57. The topological polar surface area (TPSA) is 59.0 Å². The monoisotopic (exact) mass is 498 g/mol. The Morgan fingerprint density at radius 3 is 2.42 bits per heavy atom. The van der Waals surface area contributed by atoms with Gasteiger partial charge in [-0.3, -0.25) is 0 Å². The molecule has 0 amide bonds. The van der Waals surface area contributed by atoms with Gasteiger partial charge in [-0.25, -0.2) is 13.4 Å². The van der Waals surface area contributed by atoms with E-state index in [9.17, 15) is 8.42 Å². The standard InChI is InChI=1S/C24H23BrN2O3S/c1-18-11-13-22(14-12-18)31(28,29)27(2)17-24(20-9-6-10-21(25)15-20)16-26-23(30-24)19-7-4-3-5-8-19/h3-15H,16-17H2,1-2H3. The third-order valence-electron chi connectivity index (χ3n) is 5.35. The lowest BCUT2D eigenvalue weighted by atomic mass is 9.94. The molecule has 160 valence electrons. The lowest BCUT2D eigenvalue weighted by Crippen LogP contribution is -2.44. The van der Waals surface area contributed by atoms with E-state index in [1.807, 2.05) is 61.5 Å². The van der Waals surface area contributed by atoms with Gasteiger partial charge in [0.1, 0.15) is 0 Å². The molecular weight excluding hydrogens is 476 g/mol. The highest BCUT2D eigenvalue weighted by Crippen LogP contribution is 2.35. The molecule has 0 aliphatic carbocycles. The zero-order valence-electron chi connectivity index (χ0n) is 17.3. The van der Waals surface area contributed by atoms with Gasteiger partial charge in [0.15, 0.2) is 5.60 Å². The molecule has 0 bridgehead atoms. The van der Waals surface area contributed by atoms with Crippen molar-refractivity contribution in [3.63, 3.8) is 0 Å². The number of ether oxygens (including phenoxy) is 1. The largest absolute Gasteiger partial charge is 0.463 e. The van der Waals surface area contributed by atoms with E-state index in [-0.39, 0.29) is 11.4 Å². The molecule has 1 heterocycles. The molecule has 0 N–H and O–H groups in total. The Labute approximate surface area is 191 Å². The van der Waals surface area contributed by atoms with Gasteiger partial charge in [-0.2, -0.15) is 4.31 Å². The molecule has 1 aliphatic heterocycles. The predicted molar refractivity (Wildman–Crippen MR) is 126 cm³/mol. The normalized spacial score (nSPS) is 18.6. The van der Waals surface area contributed by atoms with E-state index < -0.39 is 15.6 Å². The van der Waals surface area contributed by atoms with Gasteiger partial charge in [-0.1, -0.05) is 64.0 Å². The second-order valence-corrected chi connectivity index (χ2v) is 10.6. The van der Waals surface area contributed by atoms with Crippen molar-refractivity contribution >= 4 is 31.9 Å². The Bertz CT molecular complexity index is 1210. The molecule has 4 rings (SSSR count). The van der Waals surface area contributed by atoms with Crippen LogP contribution >= 0.6 is 15.9 Å². The molecule has 1 unspecified atom stereocenters. The van der Waals surface area contributed by atoms with Gasteiger partial charge in [0.25, 0.3) is 0 Å². The molecule has 3 aromatic carbocycles. The molecular formula is C24H23BrN2O3S. The fourth-order valence-electron chi connectivity index (χ4n) is 3.61. The van der Waals surface area contributed by atoms with E-state index in [2.05, 4.69) is 20.9 Å². The van der Waals surface area contributed by atoms with Gasteiger partial charge in [0.2, 0.25) is 15.9 Å². The Morgan fingerprint density at radius 1 is 1.03 bits per heavy atom. The van der Waals surface area contributed by atoms with Crippen LogP contribution in [0, 0.1) is 6.92 Å². The van der Waals surface area contributed by atoms with Crippen LogP contribution in [0.3, 0.4) is 0 Å². The summed E-state index contributed by atoms with van der Waals surface area (Å²) in [7, 11) is -2.11. The third-order valence-corrected chi connectivity index (χ3v) is 7.66. The van der Waals surface area contributed by atoms with Crippen molar-refractivity contribution in [2.75, 3.05) is 20.1 Å². The van der Waals surface area contributed by atoms with Crippen molar-refractivity contribution in [2.45, 2.75) is 17.4 Å². The highest BCUT2D eigenvalue weighted by Gasteiger charge is 2.43. The maximum absolute atomic E-state index is 13.2. The van der Waals surface area contributed by atoms with Crippen LogP contribution in [0.4, 0.5) is 0 Å². The maximum Gasteiger partial charge on any atom is 0.242 e. The number of aryl methyl sites for hydroxylation is 1. The molecule has 3 aromatic rings. The molecule has 0 saturated carbocycles. The predicted octanol–water partition coefficient (Wildman–Crippen LogP) is 4.75. The van der Waals surface area contributed by atoms with Gasteiger partial charge < -0.3 is 4.74 Å². The number of halogens is 1. The first kappa shape index (κ1) is 21.7. The summed E-state index contributed by atoms with van der Waals surface area (Å²) in [6.07, 6.45) is 0. The number of benzene rings is 3. The van der Waals surface area contributed by atoms with Gasteiger partial charge in [0.05, 0.1) is 18.0 Å². The van der Waals surface area contributed by atoms with Crippen molar-refractivity contribution in [3.05, 3.63) is 100 Å². The Hall–Kier alpha value is -2.48. The minimum absolute atomic E-state index is 0.125. The molecule has 5 nitrogen and oxygen atoms in total. The van der Waals surface area contributed by atoms with Crippen LogP contribution in [0.1, 0.15) is 16.7 Å². The summed E-state index contributed by atoms with van der Waals surface area (Å²) in [5.74, 6) is 0.515. The summed E-state index contributed by atoms with van der Waals surface area (Å²) in [4.78, 5) is 4.90. The summed E-state index contributed by atoms with van der Waals surface area (Å²) < 4.78 is 35.2. The highest BCUT2D eigenvalue weighted by molar-refractivity contribution is 9.10. The van der Waals surface area contributed by atoms with Gasteiger partial charge >= 0.3 is 0 Å². The van der Waals surface area contributed by atoms with Crippen molar-refractivity contribution < 1.29 is 13.2 Å². The van der Waals surface area contributed by atoms with E-state index in [0.29, 0.717) is 12.4 Å². The van der Waals surface area contributed by atoms with Crippen LogP contribution in [0.2, 0.25) is 0 Å². The molecule has 7 heteroatoms. The first-order valence-corrected chi connectivity index (χ1v) is 12.1. The summed E-state index contributed by atoms with van der Waals surface area (Å²) >= 11 is 3.52. The van der Waals surface area contributed by atoms with Gasteiger partial charge in [-0.05, 0) is 48.9 Å². The van der Waals surface area contributed by atoms with Gasteiger partial charge in [-0.15, -0.1) is 0 Å². The average Bonchev–Trinajstić information content (AvgIpc) is 3.20. The summed E-state index contributed by atoms with van der Waals surface area (Å²) in [5.41, 5.74) is 1.81. The zero-order valence-corrected chi connectivity index (χ0v) is 19.7. The number of hydrogen-bond acceptors (Lipinski definition) is 4. The van der Waals surface area contributed by atoms with E-state index in [4.69, 9.17) is 4.74 Å². The van der Waals surface area contributed by atoms with E-state index in [0.717, 1.165) is 21.2 Å². The van der Waals surface area contributed by atoms with Crippen molar-refractivity contribution in [2.24, 2.45) is 4.99 Å². The number of sulfonamides is 1. The van der Waals surface area contributed by atoms with E-state index in [1.54, 1.807) is 31.3 Å². The van der Waals surface area contributed by atoms with Crippen LogP contribution in [0.5, 0.6) is 0 Å². The SMILES string of the molecule is Cc1ccc(S(=O)(=O)N(C)CC2(c3cccc(Br)c3)CN=C(c3ccccc3)O2)cc1. The third kappa shape index (κ3) is 4.44.